The van der Waals surface area contributed by atoms with Crippen LogP contribution in [0.5, 0.6) is 0 Å². The summed E-state index contributed by atoms with van der Waals surface area (Å²) in [5.41, 5.74) is 6.19. The Morgan fingerprint density at radius 3 is 2.79 bits per heavy atom. The van der Waals surface area contributed by atoms with Gasteiger partial charge in [0.05, 0.1) is 11.5 Å². The Balaban J connectivity index is 1.74. The van der Waals surface area contributed by atoms with Crippen molar-refractivity contribution in [1.82, 2.24) is 15.3 Å². The maximum Gasteiger partial charge on any atom is 0.258 e. The average Bonchev–Trinajstić information content (AvgIpc) is 2.54. The number of benzene rings is 1. The normalized spacial score (nSPS) is 16.2. The number of rotatable bonds is 4. The fraction of sp³-hybridized carbons (Fsp3) is 0.250. The first-order valence-electron chi connectivity index (χ1n) is 7.56. The molecule has 24 heavy (non-hydrogen) atoms. The van der Waals surface area contributed by atoms with Crippen LogP contribution in [-0.4, -0.2) is 28.3 Å². The van der Waals surface area contributed by atoms with Crippen LogP contribution >= 0.6 is 0 Å². The van der Waals surface area contributed by atoms with Crippen molar-refractivity contribution in [3.05, 3.63) is 51.8 Å². The van der Waals surface area contributed by atoms with E-state index in [4.69, 9.17) is 5.73 Å². The number of carbonyl (C=O) groups is 2. The maximum absolute atomic E-state index is 12.4. The smallest absolute Gasteiger partial charge is 0.258 e. The molecule has 1 aliphatic rings. The SMILES string of the molecule is Nc1nc2c(c(=O)[nH]1)C(C(=O)NCCc1ccccc1)CC(=O)N2. The van der Waals surface area contributed by atoms with Crippen molar-refractivity contribution in [2.75, 3.05) is 17.6 Å². The van der Waals surface area contributed by atoms with E-state index >= 15 is 0 Å². The largest absolute Gasteiger partial charge is 0.369 e. The lowest BCUT2D eigenvalue weighted by Gasteiger charge is -2.23. The molecule has 124 valence electrons. The van der Waals surface area contributed by atoms with Crippen molar-refractivity contribution < 1.29 is 9.59 Å². The summed E-state index contributed by atoms with van der Waals surface area (Å²) in [4.78, 5) is 42.6. The van der Waals surface area contributed by atoms with Crippen LogP contribution in [0, 0.1) is 0 Å². The number of anilines is 2. The molecule has 2 amide bonds. The highest BCUT2D eigenvalue weighted by molar-refractivity contribution is 6.00. The fourth-order valence-electron chi connectivity index (χ4n) is 2.71. The highest BCUT2D eigenvalue weighted by atomic mass is 16.2. The van der Waals surface area contributed by atoms with Crippen molar-refractivity contribution >= 4 is 23.6 Å². The van der Waals surface area contributed by atoms with Gasteiger partial charge in [0, 0.05) is 13.0 Å². The molecule has 1 aromatic heterocycles. The molecule has 0 saturated carbocycles. The molecule has 2 aromatic rings. The van der Waals surface area contributed by atoms with E-state index in [1.165, 1.54) is 0 Å². The number of nitrogen functional groups attached to an aromatic ring is 1. The molecule has 8 heteroatoms. The Morgan fingerprint density at radius 1 is 1.29 bits per heavy atom. The van der Waals surface area contributed by atoms with E-state index in [0.29, 0.717) is 13.0 Å². The average molecular weight is 327 g/mol. The molecule has 5 N–H and O–H groups in total. The second-order valence-corrected chi connectivity index (χ2v) is 5.54. The van der Waals surface area contributed by atoms with Crippen LogP contribution in [0.1, 0.15) is 23.5 Å². The number of H-pyrrole nitrogens is 1. The Kier molecular flexibility index (Phi) is 4.28. The lowest BCUT2D eigenvalue weighted by Crippen LogP contribution is -2.39. The molecule has 1 atom stereocenters. The van der Waals surface area contributed by atoms with Gasteiger partial charge in [0.2, 0.25) is 17.8 Å². The summed E-state index contributed by atoms with van der Waals surface area (Å²) in [6, 6.07) is 9.70. The van der Waals surface area contributed by atoms with Crippen LogP contribution in [0.2, 0.25) is 0 Å². The van der Waals surface area contributed by atoms with Crippen LogP contribution in [-0.2, 0) is 16.0 Å². The van der Waals surface area contributed by atoms with Gasteiger partial charge in [-0.25, -0.2) is 0 Å². The molecule has 1 aromatic carbocycles. The molecule has 0 fully saturated rings. The molecule has 3 rings (SSSR count). The van der Waals surface area contributed by atoms with E-state index in [1.807, 2.05) is 30.3 Å². The van der Waals surface area contributed by atoms with Gasteiger partial charge in [-0.2, -0.15) is 4.98 Å². The number of carbonyl (C=O) groups excluding carboxylic acids is 2. The maximum atomic E-state index is 12.4. The monoisotopic (exact) mass is 327 g/mol. The van der Waals surface area contributed by atoms with Crippen molar-refractivity contribution in [3.8, 4) is 0 Å². The van der Waals surface area contributed by atoms with E-state index in [1.54, 1.807) is 0 Å². The summed E-state index contributed by atoms with van der Waals surface area (Å²) in [7, 11) is 0. The Hall–Kier alpha value is -3.16. The molecular weight excluding hydrogens is 310 g/mol. The second-order valence-electron chi connectivity index (χ2n) is 5.54. The van der Waals surface area contributed by atoms with Gasteiger partial charge in [-0.1, -0.05) is 30.3 Å². The summed E-state index contributed by atoms with van der Waals surface area (Å²) in [6.07, 6.45) is 0.563. The van der Waals surface area contributed by atoms with Gasteiger partial charge in [0.25, 0.3) is 5.56 Å². The van der Waals surface area contributed by atoms with Crippen LogP contribution in [0.3, 0.4) is 0 Å². The number of aromatic nitrogens is 2. The number of fused-ring (bicyclic) bond motifs is 1. The zero-order chi connectivity index (χ0) is 17.1. The van der Waals surface area contributed by atoms with Crippen molar-refractivity contribution in [3.63, 3.8) is 0 Å². The second kappa shape index (κ2) is 6.53. The minimum atomic E-state index is -0.874. The van der Waals surface area contributed by atoms with Crippen LogP contribution < -0.4 is 21.9 Å². The molecule has 1 unspecified atom stereocenters. The zero-order valence-electron chi connectivity index (χ0n) is 12.8. The fourth-order valence-corrected chi connectivity index (χ4v) is 2.71. The van der Waals surface area contributed by atoms with E-state index in [0.717, 1.165) is 5.56 Å². The molecular formula is C16H17N5O3. The zero-order valence-corrected chi connectivity index (χ0v) is 12.8. The Bertz CT molecular complexity index is 831. The predicted octanol–water partition coefficient (Wildman–Crippen LogP) is 0.137. The minimum Gasteiger partial charge on any atom is -0.369 e. The number of amides is 2. The van der Waals surface area contributed by atoms with Crippen LogP contribution in [0.15, 0.2) is 35.1 Å². The van der Waals surface area contributed by atoms with Gasteiger partial charge >= 0.3 is 0 Å². The van der Waals surface area contributed by atoms with Gasteiger partial charge in [-0.15, -0.1) is 0 Å². The summed E-state index contributed by atoms with van der Waals surface area (Å²) < 4.78 is 0. The van der Waals surface area contributed by atoms with Crippen molar-refractivity contribution in [2.45, 2.75) is 18.8 Å². The highest BCUT2D eigenvalue weighted by Gasteiger charge is 2.34. The summed E-state index contributed by atoms with van der Waals surface area (Å²) >= 11 is 0. The topological polar surface area (TPSA) is 130 Å². The first-order valence-corrected chi connectivity index (χ1v) is 7.56. The van der Waals surface area contributed by atoms with Gasteiger partial charge in [-0.3, -0.25) is 19.4 Å². The van der Waals surface area contributed by atoms with Crippen LogP contribution in [0.4, 0.5) is 11.8 Å². The van der Waals surface area contributed by atoms with E-state index in [-0.39, 0.29) is 35.6 Å². The molecule has 8 nitrogen and oxygen atoms in total. The Morgan fingerprint density at radius 2 is 2.04 bits per heavy atom. The van der Waals surface area contributed by atoms with Gasteiger partial charge in [-0.05, 0) is 12.0 Å². The molecule has 0 bridgehead atoms. The molecule has 0 aliphatic carbocycles. The summed E-state index contributed by atoms with van der Waals surface area (Å²) in [6.45, 7) is 0.413. The quantitative estimate of drug-likeness (QED) is 0.634. The van der Waals surface area contributed by atoms with E-state index in [9.17, 15) is 14.4 Å². The summed E-state index contributed by atoms with van der Waals surface area (Å²) in [5, 5.41) is 5.25. The van der Waals surface area contributed by atoms with Gasteiger partial charge in [0.1, 0.15) is 5.82 Å². The van der Waals surface area contributed by atoms with E-state index < -0.39 is 11.5 Å². The molecule has 0 spiro atoms. The number of hydrogen-bond acceptors (Lipinski definition) is 5. The third-order valence-electron chi connectivity index (χ3n) is 3.84. The number of nitrogens with zero attached hydrogens (tertiary/aromatic N) is 1. The minimum absolute atomic E-state index is 0.0516. The Labute approximate surface area is 137 Å². The summed E-state index contributed by atoms with van der Waals surface area (Å²) in [5.74, 6) is -1.68. The molecule has 0 radical (unpaired) electrons. The number of nitrogens with two attached hydrogens (primary N) is 1. The molecule has 1 aliphatic heterocycles. The third-order valence-corrected chi connectivity index (χ3v) is 3.84. The van der Waals surface area contributed by atoms with Gasteiger partial charge < -0.3 is 16.4 Å². The highest BCUT2D eigenvalue weighted by Crippen LogP contribution is 2.28. The molecule has 0 saturated heterocycles. The third kappa shape index (κ3) is 3.27. The number of hydrogen-bond donors (Lipinski definition) is 4. The first-order chi connectivity index (χ1) is 11.5. The first kappa shape index (κ1) is 15.7. The lowest BCUT2D eigenvalue weighted by molar-refractivity contribution is -0.126. The van der Waals surface area contributed by atoms with Crippen molar-refractivity contribution in [2.24, 2.45) is 0 Å². The predicted molar refractivity (Wildman–Crippen MR) is 88.4 cm³/mol. The number of aromatic amines is 1. The lowest BCUT2D eigenvalue weighted by atomic mass is 9.92. The standard InChI is InChI=1S/C16H17N5O3/c17-16-20-13-12(15(24)21-16)10(8-11(22)19-13)14(23)18-7-6-9-4-2-1-3-5-9/h1-5,10H,6-8H2,(H,18,23)(H4,17,19,20,21,22,24). The van der Waals surface area contributed by atoms with E-state index in [2.05, 4.69) is 20.6 Å². The van der Waals surface area contributed by atoms with Crippen LogP contribution in [0.25, 0.3) is 0 Å². The van der Waals surface area contributed by atoms with Gasteiger partial charge in [0.15, 0.2) is 0 Å². The molecule has 2 heterocycles. The van der Waals surface area contributed by atoms with Crippen molar-refractivity contribution in [1.29, 1.82) is 0 Å². The number of nitrogens with one attached hydrogen (secondary N) is 3.